The average molecular weight is 325 g/mol. The van der Waals surface area contributed by atoms with Crippen molar-refractivity contribution in [1.29, 1.82) is 0 Å². The average Bonchev–Trinajstić information content (AvgIpc) is 3.18. The van der Waals surface area contributed by atoms with Gasteiger partial charge in [0.25, 0.3) is 0 Å². The van der Waals surface area contributed by atoms with E-state index in [0.29, 0.717) is 13.0 Å². The summed E-state index contributed by atoms with van der Waals surface area (Å²) < 4.78 is 2.13. The van der Waals surface area contributed by atoms with Crippen molar-refractivity contribution < 1.29 is 9.59 Å². The zero-order valence-electron chi connectivity index (χ0n) is 13.3. The second-order valence-corrected chi connectivity index (χ2v) is 6.22. The van der Waals surface area contributed by atoms with E-state index in [0.717, 1.165) is 42.3 Å². The number of anilines is 1. The molecule has 2 amide bonds. The first-order valence-electron chi connectivity index (χ1n) is 8.30. The van der Waals surface area contributed by atoms with Crippen LogP contribution in [0.15, 0.2) is 24.3 Å². The van der Waals surface area contributed by atoms with E-state index < -0.39 is 5.92 Å². The van der Waals surface area contributed by atoms with Gasteiger partial charge in [0.2, 0.25) is 11.8 Å². The summed E-state index contributed by atoms with van der Waals surface area (Å²) in [7, 11) is 0. The van der Waals surface area contributed by atoms with Crippen molar-refractivity contribution >= 4 is 17.5 Å². The van der Waals surface area contributed by atoms with Crippen LogP contribution in [0, 0.1) is 0 Å². The summed E-state index contributed by atoms with van der Waals surface area (Å²) in [6, 6.07) is 7.46. The van der Waals surface area contributed by atoms with Gasteiger partial charge in [-0.3, -0.25) is 9.59 Å². The largest absolute Gasteiger partial charge is 0.355 e. The lowest BCUT2D eigenvalue weighted by Gasteiger charge is -2.24. The molecule has 0 bridgehead atoms. The molecule has 0 radical (unpaired) electrons. The number of para-hydroxylation sites is 1. The van der Waals surface area contributed by atoms with Crippen LogP contribution < -0.4 is 10.6 Å². The third-order valence-electron chi connectivity index (χ3n) is 4.65. The number of nitrogens with zero attached hydrogens (tertiary/aromatic N) is 3. The maximum atomic E-state index is 12.5. The number of carbonyl (C=O) groups excluding carboxylic acids is 2. The second kappa shape index (κ2) is 6.07. The Morgan fingerprint density at radius 2 is 2.21 bits per heavy atom. The van der Waals surface area contributed by atoms with Crippen LogP contribution in [0.1, 0.15) is 36.0 Å². The van der Waals surface area contributed by atoms with Crippen LogP contribution in [0.3, 0.4) is 0 Å². The lowest BCUT2D eigenvalue weighted by Crippen LogP contribution is -2.36. The van der Waals surface area contributed by atoms with Crippen molar-refractivity contribution in [2.24, 2.45) is 0 Å². The van der Waals surface area contributed by atoms with Gasteiger partial charge in [-0.1, -0.05) is 18.2 Å². The molecule has 3 heterocycles. The minimum Gasteiger partial charge on any atom is -0.355 e. The van der Waals surface area contributed by atoms with Crippen LogP contribution in [-0.4, -0.2) is 33.1 Å². The zero-order chi connectivity index (χ0) is 16.5. The number of benzene rings is 1. The van der Waals surface area contributed by atoms with Gasteiger partial charge in [-0.05, 0) is 18.1 Å². The van der Waals surface area contributed by atoms with Gasteiger partial charge in [0, 0.05) is 38.0 Å². The number of amides is 2. The maximum Gasteiger partial charge on any atom is 0.228 e. The molecule has 0 aliphatic carbocycles. The molecule has 24 heavy (non-hydrogen) atoms. The molecule has 0 spiro atoms. The number of aromatic nitrogens is 3. The van der Waals surface area contributed by atoms with Crippen LogP contribution in [0.25, 0.3) is 0 Å². The van der Waals surface area contributed by atoms with E-state index >= 15 is 0 Å². The molecule has 1 aromatic heterocycles. The van der Waals surface area contributed by atoms with Crippen molar-refractivity contribution in [3.8, 4) is 0 Å². The normalized spacial score (nSPS) is 18.7. The number of hydrogen-bond acceptors (Lipinski definition) is 4. The van der Waals surface area contributed by atoms with Crippen molar-refractivity contribution in [2.45, 2.75) is 38.1 Å². The van der Waals surface area contributed by atoms with Crippen molar-refractivity contribution in [3.05, 3.63) is 41.5 Å². The van der Waals surface area contributed by atoms with Gasteiger partial charge in [0.1, 0.15) is 11.6 Å². The van der Waals surface area contributed by atoms with E-state index in [2.05, 4.69) is 25.4 Å². The van der Waals surface area contributed by atoms with Crippen LogP contribution in [0.4, 0.5) is 5.69 Å². The smallest absolute Gasteiger partial charge is 0.228 e. The lowest BCUT2D eigenvalue weighted by atomic mass is 9.90. The van der Waals surface area contributed by atoms with E-state index in [9.17, 15) is 9.59 Å². The van der Waals surface area contributed by atoms with E-state index in [1.807, 2.05) is 24.3 Å². The molecule has 0 saturated heterocycles. The molecule has 1 aromatic carbocycles. The fraction of sp³-hybridized carbons (Fsp3) is 0.412. The van der Waals surface area contributed by atoms with Crippen molar-refractivity contribution in [2.75, 3.05) is 11.9 Å². The molecule has 2 N–H and O–H groups in total. The molecule has 2 aliphatic heterocycles. The molecule has 124 valence electrons. The SMILES string of the molecule is O=C1C[C@@H](C(=O)NCCc2nnc3n2CCC3)c2ccccc2N1. The van der Waals surface area contributed by atoms with Crippen LogP contribution >= 0.6 is 0 Å². The first-order chi connectivity index (χ1) is 11.7. The molecule has 2 aromatic rings. The Labute approximate surface area is 139 Å². The first-order valence-corrected chi connectivity index (χ1v) is 8.30. The maximum absolute atomic E-state index is 12.5. The van der Waals surface area contributed by atoms with Gasteiger partial charge in [0.05, 0.1) is 5.92 Å². The highest BCUT2D eigenvalue weighted by molar-refractivity contribution is 6.01. The number of carbonyl (C=O) groups is 2. The third-order valence-corrected chi connectivity index (χ3v) is 4.65. The fourth-order valence-electron chi connectivity index (χ4n) is 3.46. The van der Waals surface area contributed by atoms with E-state index in [4.69, 9.17) is 0 Å². The Kier molecular flexibility index (Phi) is 3.76. The predicted octanol–water partition coefficient (Wildman–Crippen LogP) is 1.01. The summed E-state index contributed by atoms with van der Waals surface area (Å²) >= 11 is 0. The molecule has 0 saturated carbocycles. The summed E-state index contributed by atoms with van der Waals surface area (Å²) in [6.07, 6.45) is 2.92. The molecule has 2 aliphatic rings. The number of rotatable bonds is 4. The van der Waals surface area contributed by atoms with Crippen molar-refractivity contribution in [1.82, 2.24) is 20.1 Å². The number of hydrogen-bond donors (Lipinski definition) is 2. The van der Waals surface area contributed by atoms with Gasteiger partial charge >= 0.3 is 0 Å². The van der Waals surface area contributed by atoms with Gasteiger partial charge in [-0.25, -0.2) is 0 Å². The Bertz CT molecular complexity index is 798. The van der Waals surface area contributed by atoms with Crippen LogP contribution in [-0.2, 0) is 29.0 Å². The van der Waals surface area contributed by atoms with E-state index in [1.165, 1.54) is 0 Å². The minimum absolute atomic E-state index is 0.113. The molecule has 1 atom stereocenters. The monoisotopic (exact) mass is 325 g/mol. The summed E-state index contributed by atoms with van der Waals surface area (Å²) in [5.41, 5.74) is 1.60. The highest BCUT2D eigenvalue weighted by Crippen LogP contribution is 2.31. The molecule has 7 nitrogen and oxygen atoms in total. The minimum atomic E-state index is -0.431. The van der Waals surface area contributed by atoms with Crippen LogP contribution in [0.2, 0.25) is 0 Å². The zero-order valence-corrected chi connectivity index (χ0v) is 13.3. The molecule has 4 rings (SSSR count). The summed E-state index contributed by atoms with van der Waals surface area (Å²) in [5.74, 6) is 1.29. The van der Waals surface area contributed by atoms with E-state index in [-0.39, 0.29) is 18.2 Å². The molecule has 7 heteroatoms. The molecular weight excluding hydrogens is 306 g/mol. The quantitative estimate of drug-likeness (QED) is 0.878. The highest BCUT2D eigenvalue weighted by Gasteiger charge is 2.30. The second-order valence-electron chi connectivity index (χ2n) is 6.22. The van der Waals surface area contributed by atoms with Gasteiger partial charge in [0.15, 0.2) is 0 Å². The third kappa shape index (κ3) is 2.66. The molecular formula is C17H19N5O2. The first kappa shape index (κ1) is 14.9. The Hall–Kier alpha value is -2.70. The summed E-state index contributed by atoms with van der Waals surface area (Å²) in [5, 5.41) is 14.1. The Morgan fingerprint density at radius 1 is 1.33 bits per heavy atom. The van der Waals surface area contributed by atoms with Gasteiger partial charge in [-0.15, -0.1) is 10.2 Å². The van der Waals surface area contributed by atoms with Crippen molar-refractivity contribution in [3.63, 3.8) is 0 Å². The number of aryl methyl sites for hydroxylation is 1. The lowest BCUT2D eigenvalue weighted by molar-refractivity contribution is -0.126. The summed E-state index contributed by atoms with van der Waals surface area (Å²) in [4.78, 5) is 24.4. The number of fused-ring (bicyclic) bond motifs is 2. The Morgan fingerprint density at radius 3 is 3.12 bits per heavy atom. The van der Waals surface area contributed by atoms with Gasteiger partial charge < -0.3 is 15.2 Å². The topological polar surface area (TPSA) is 88.9 Å². The van der Waals surface area contributed by atoms with Crippen LogP contribution in [0.5, 0.6) is 0 Å². The molecule has 0 unspecified atom stereocenters. The standard InChI is InChI=1S/C17H19N5O2/c23-16-10-12(11-4-1-2-5-13(11)19-16)17(24)18-8-7-15-21-20-14-6-3-9-22(14)15/h1-2,4-5,12H,3,6-10H2,(H,18,24)(H,19,23)/t12-/m1/s1. The highest BCUT2D eigenvalue weighted by atomic mass is 16.2. The fourth-order valence-corrected chi connectivity index (χ4v) is 3.46. The van der Waals surface area contributed by atoms with Gasteiger partial charge in [-0.2, -0.15) is 0 Å². The Balaban J connectivity index is 1.40. The molecule has 0 fully saturated rings. The number of nitrogens with one attached hydrogen (secondary N) is 2. The predicted molar refractivity (Wildman–Crippen MR) is 87.5 cm³/mol. The van der Waals surface area contributed by atoms with E-state index in [1.54, 1.807) is 0 Å². The summed E-state index contributed by atoms with van der Waals surface area (Å²) in [6.45, 7) is 1.46.